The number of rotatable bonds is 9. The number of carbonyl (C=O) groups is 1. The van der Waals surface area contributed by atoms with Crippen LogP contribution in [0.5, 0.6) is 5.75 Å². The molecule has 1 heterocycles. The molecule has 162 valence electrons. The van der Waals surface area contributed by atoms with Gasteiger partial charge in [-0.25, -0.2) is 9.59 Å². The molecule has 2 aromatic rings. The van der Waals surface area contributed by atoms with E-state index in [0.717, 1.165) is 11.0 Å². The van der Waals surface area contributed by atoms with Crippen molar-refractivity contribution in [3.8, 4) is 5.75 Å². The van der Waals surface area contributed by atoms with Crippen molar-refractivity contribution in [2.24, 2.45) is 0 Å². The fraction of sp³-hybridized carbons (Fsp3) is 0.417. The van der Waals surface area contributed by atoms with Crippen LogP contribution in [-0.2, 0) is 9.53 Å². The van der Waals surface area contributed by atoms with Crippen molar-refractivity contribution in [1.82, 2.24) is 0 Å². The molecule has 0 fully saturated rings. The summed E-state index contributed by atoms with van der Waals surface area (Å²) in [4.78, 5) is 23.4. The second-order valence-corrected chi connectivity index (χ2v) is 7.87. The minimum Gasteiger partial charge on any atom is -0.489 e. The zero-order chi connectivity index (χ0) is 22.3. The molecule has 0 amide bonds. The first-order valence-electron chi connectivity index (χ1n) is 9.98. The summed E-state index contributed by atoms with van der Waals surface area (Å²) in [6, 6.07) is 8.43. The average molecular weight is 414 g/mol. The van der Waals surface area contributed by atoms with E-state index in [1.807, 2.05) is 25.1 Å². The Hall–Kier alpha value is -2.86. The standard InChI is InChI=1S/C24H30O6/c1-6-17(3)23(26)30-21(24(4,5)27)11-7-16(2)13-14-28-19-10-8-18-9-12-22(25)29-20(18)15-19/h6,8-10,12-13,15,21,27H,7,11,14H2,1-5H3. The van der Waals surface area contributed by atoms with E-state index in [1.54, 1.807) is 45.9 Å². The summed E-state index contributed by atoms with van der Waals surface area (Å²) in [5.74, 6) is 0.184. The van der Waals surface area contributed by atoms with Gasteiger partial charge in [0.25, 0.3) is 0 Å². The zero-order valence-electron chi connectivity index (χ0n) is 18.2. The number of ether oxygens (including phenoxy) is 2. The van der Waals surface area contributed by atoms with Crippen LogP contribution in [0, 0.1) is 0 Å². The van der Waals surface area contributed by atoms with Crippen molar-refractivity contribution in [2.45, 2.75) is 59.2 Å². The molecule has 0 saturated heterocycles. The third-order valence-electron chi connectivity index (χ3n) is 4.87. The molecule has 6 nitrogen and oxygen atoms in total. The van der Waals surface area contributed by atoms with E-state index in [-0.39, 0.29) is 0 Å². The first-order chi connectivity index (χ1) is 14.1. The Balaban J connectivity index is 1.93. The first-order valence-corrected chi connectivity index (χ1v) is 9.98. The van der Waals surface area contributed by atoms with E-state index in [0.29, 0.717) is 36.4 Å². The van der Waals surface area contributed by atoms with Crippen LogP contribution in [0.15, 0.2) is 62.8 Å². The van der Waals surface area contributed by atoms with Gasteiger partial charge in [0, 0.05) is 23.1 Å². The van der Waals surface area contributed by atoms with Gasteiger partial charge < -0.3 is 19.0 Å². The maximum absolute atomic E-state index is 12.1. The third kappa shape index (κ3) is 6.88. The molecule has 6 heteroatoms. The van der Waals surface area contributed by atoms with Gasteiger partial charge in [0.05, 0.1) is 5.60 Å². The van der Waals surface area contributed by atoms with Gasteiger partial charge >= 0.3 is 11.6 Å². The van der Waals surface area contributed by atoms with Crippen LogP contribution < -0.4 is 10.4 Å². The van der Waals surface area contributed by atoms with Gasteiger partial charge in [0.1, 0.15) is 24.0 Å². The van der Waals surface area contributed by atoms with Gasteiger partial charge in [-0.3, -0.25) is 0 Å². The molecular formula is C24H30O6. The molecule has 2 rings (SSSR count). The van der Waals surface area contributed by atoms with Crippen LogP contribution in [-0.4, -0.2) is 29.4 Å². The van der Waals surface area contributed by atoms with Gasteiger partial charge in [-0.05, 0) is 71.7 Å². The second-order valence-electron chi connectivity index (χ2n) is 7.87. The van der Waals surface area contributed by atoms with Crippen molar-refractivity contribution in [3.63, 3.8) is 0 Å². The van der Waals surface area contributed by atoms with Crippen molar-refractivity contribution in [1.29, 1.82) is 0 Å². The Morgan fingerprint density at radius 3 is 2.60 bits per heavy atom. The maximum Gasteiger partial charge on any atom is 0.336 e. The number of esters is 1. The lowest BCUT2D eigenvalue weighted by molar-refractivity contribution is -0.157. The number of allylic oxidation sites excluding steroid dienone is 2. The van der Waals surface area contributed by atoms with Gasteiger partial charge in [-0.2, -0.15) is 0 Å². The lowest BCUT2D eigenvalue weighted by atomic mass is 9.95. The molecular weight excluding hydrogens is 384 g/mol. The Morgan fingerprint density at radius 2 is 1.93 bits per heavy atom. The Kier molecular flexibility index (Phi) is 8.00. The molecule has 30 heavy (non-hydrogen) atoms. The van der Waals surface area contributed by atoms with Gasteiger partial charge in [0.2, 0.25) is 0 Å². The highest BCUT2D eigenvalue weighted by Gasteiger charge is 2.30. The van der Waals surface area contributed by atoms with Crippen LogP contribution in [0.2, 0.25) is 0 Å². The lowest BCUT2D eigenvalue weighted by Gasteiger charge is -2.29. The third-order valence-corrected chi connectivity index (χ3v) is 4.87. The summed E-state index contributed by atoms with van der Waals surface area (Å²) >= 11 is 0. The van der Waals surface area contributed by atoms with Crippen LogP contribution in [0.4, 0.5) is 0 Å². The summed E-state index contributed by atoms with van der Waals surface area (Å²) in [5.41, 5.74) is 0.496. The number of carbonyl (C=O) groups excluding carboxylic acids is 1. The number of aliphatic hydroxyl groups is 1. The molecule has 0 spiro atoms. The molecule has 1 atom stereocenters. The normalized spacial score (nSPS) is 13.9. The molecule has 0 aliphatic rings. The average Bonchev–Trinajstić information content (AvgIpc) is 2.69. The van der Waals surface area contributed by atoms with Gasteiger partial charge in [-0.15, -0.1) is 0 Å². The minimum absolute atomic E-state index is 0.346. The molecule has 0 bridgehead atoms. The zero-order valence-corrected chi connectivity index (χ0v) is 18.2. The molecule has 1 aromatic heterocycles. The SMILES string of the molecule is CC=C(C)C(=O)OC(CCC(C)=CCOc1ccc2ccc(=O)oc2c1)C(C)(C)O. The highest BCUT2D eigenvalue weighted by Crippen LogP contribution is 2.22. The minimum atomic E-state index is -1.14. The van der Waals surface area contributed by atoms with Crippen molar-refractivity contribution in [3.05, 3.63) is 64.1 Å². The second kappa shape index (κ2) is 10.3. The van der Waals surface area contributed by atoms with E-state index in [1.165, 1.54) is 6.07 Å². The van der Waals surface area contributed by atoms with Gasteiger partial charge in [-0.1, -0.05) is 11.6 Å². The predicted molar refractivity (Wildman–Crippen MR) is 117 cm³/mol. The fourth-order valence-electron chi connectivity index (χ4n) is 2.77. The molecule has 0 aliphatic heterocycles. The highest BCUT2D eigenvalue weighted by atomic mass is 16.6. The smallest absolute Gasteiger partial charge is 0.336 e. The number of benzene rings is 1. The number of hydrogen-bond acceptors (Lipinski definition) is 6. The Labute approximate surface area is 176 Å². The molecule has 1 unspecified atom stereocenters. The van der Waals surface area contributed by atoms with E-state index < -0.39 is 23.3 Å². The molecule has 1 N–H and O–H groups in total. The van der Waals surface area contributed by atoms with Crippen LogP contribution in [0.1, 0.15) is 47.5 Å². The predicted octanol–water partition coefficient (Wildman–Crippen LogP) is 4.55. The van der Waals surface area contributed by atoms with Crippen molar-refractivity contribution < 1.29 is 23.8 Å². The Morgan fingerprint density at radius 1 is 1.23 bits per heavy atom. The monoisotopic (exact) mass is 414 g/mol. The van der Waals surface area contributed by atoms with E-state index in [9.17, 15) is 14.7 Å². The molecule has 0 saturated carbocycles. The van der Waals surface area contributed by atoms with Crippen LogP contribution in [0.25, 0.3) is 11.0 Å². The molecule has 0 radical (unpaired) electrons. The van der Waals surface area contributed by atoms with Crippen LogP contribution in [0.3, 0.4) is 0 Å². The highest BCUT2D eigenvalue weighted by molar-refractivity contribution is 5.87. The van der Waals surface area contributed by atoms with Crippen molar-refractivity contribution >= 4 is 16.9 Å². The summed E-state index contributed by atoms with van der Waals surface area (Å²) in [6.45, 7) is 9.03. The molecule has 0 aliphatic carbocycles. The Bertz CT molecular complexity index is 991. The largest absolute Gasteiger partial charge is 0.489 e. The van der Waals surface area contributed by atoms with Gasteiger partial charge in [0.15, 0.2) is 0 Å². The van der Waals surface area contributed by atoms with E-state index in [4.69, 9.17) is 13.9 Å². The summed E-state index contributed by atoms with van der Waals surface area (Å²) < 4.78 is 16.4. The number of hydrogen-bond donors (Lipinski definition) is 1. The lowest BCUT2D eigenvalue weighted by Crippen LogP contribution is -2.39. The van der Waals surface area contributed by atoms with E-state index >= 15 is 0 Å². The molecule has 1 aromatic carbocycles. The quantitative estimate of drug-likeness (QED) is 0.280. The van der Waals surface area contributed by atoms with E-state index in [2.05, 4.69) is 0 Å². The maximum atomic E-state index is 12.1. The summed E-state index contributed by atoms with van der Waals surface area (Å²) in [6.07, 6.45) is 4.14. The summed E-state index contributed by atoms with van der Waals surface area (Å²) in [5, 5.41) is 11.2. The first kappa shape index (κ1) is 23.4. The number of fused-ring (bicyclic) bond motifs is 1. The summed E-state index contributed by atoms with van der Waals surface area (Å²) in [7, 11) is 0. The topological polar surface area (TPSA) is 86.0 Å². The van der Waals surface area contributed by atoms with Crippen molar-refractivity contribution in [2.75, 3.05) is 6.61 Å². The fourth-order valence-corrected chi connectivity index (χ4v) is 2.77. The van der Waals surface area contributed by atoms with Crippen LogP contribution >= 0.6 is 0 Å².